The number of urea groups is 1. The zero-order chi connectivity index (χ0) is 26.8. The third-order valence-electron chi connectivity index (χ3n) is 6.65. The molecule has 0 saturated heterocycles. The number of carbonyl (C=O) groups is 1. The highest BCUT2D eigenvalue weighted by Gasteiger charge is 2.28. The van der Waals surface area contributed by atoms with E-state index in [1.807, 2.05) is 87.5 Å². The van der Waals surface area contributed by atoms with E-state index in [0.717, 1.165) is 15.6 Å². The van der Waals surface area contributed by atoms with Gasteiger partial charge in [0, 0.05) is 10.2 Å². The van der Waals surface area contributed by atoms with Gasteiger partial charge in [-0.25, -0.2) is 9.78 Å². The second-order valence-corrected chi connectivity index (χ2v) is 10.1. The normalized spacial score (nSPS) is 11.9. The van der Waals surface area contributed by atoms with Crippen molar-refractivity contribution in [2.75, 3.05) is 5.32 Å². The lowest BCUT2D eigenvalue weighted by Crippen LogP contribution is -2.39. The summed E-state index contributed by atoms with van der Waals surface area (Å²) < 4.78 is 8.11. The van der Waals surface area contributed by atoms with E-state index in [1.165, 1.54) is 0 Å². The van der Waals surface area contributed by atoms with Crippen LogP contribution in [0.1, 0.15) is 35.7 Å². The van der Waals surface area contributed by atoms with Crippen LogP contribution in [0.2, 0.25) is 0 Å². The van der Waals surface area contributed by atoms with Gasteiger partial charge < -0.3 is 14.6 Å². The Morgan fingerprint density at radius 1 is 1.03 bits per heavy atom. The van der Waals surface area contributed by atoms with Gasteiger partial charge in [-0.15, -0.1) is 0 Å². The standard InChI is InChI=1S/C30H27BrN4O3/c1-19-10-15-24(17-20(19)2)35-28(33-27-9-5-4-8-26(27)29(35)36)21(3)34(18-25-7-6-16-38-25)30(37)32-23-13-11-22(31)12-14-23/h4-17,21H,18H2,1-3H3,(H,32,37). The van der Waals surface area contributed by atoms with E-state index in [4.69, 9.17) is 9.40 Å². The van der Waals surface area contributed by atoms with E-state index < -0.39 is 6.04 Å². The number of halogens is 1. The van der Waals surface area contributed by atoms with Gasteiger partial charge >= 0.3 is 6.03 Å². The minimum Gasteiger partial charge on any atom is -0.467 e. The van der Waals surface area contributed by atoms with Crippen molar-refractivity contribution < 1.29 is 9.21 Å². The Labute approximate surface area is 228 Å². The first-order valence-corrected chi connectivity index (χ1v) is 13.1. The number of rotatable bonds is 6. The third kappa shape index (κ3) is 5.13. The van der Waals surface area contributed by atoms with Gasteiger partial charge in [-0.3, -0.25) is 9.36 Å². The van der Waals surface area contributed by atoms with E-state index in [2.05, 4.69) is 21.2 Å². The highest BCUT2D eigenvalue weighted by molar-refractivity contribution is 9.10. The number of aromatic nitrogens is 2. The van der Waals surface area contributed by atoms with Crippen molar-refractivity contribution in [1.82, 2.24) is 14.5 Å². The topological polar surface area (TPSA) is 80.4 Å². The number of furan rings is 1. The molecule has 1 N–H and O–H groups in total. The molecule has 0 spiro atoms. The lowest BCUT2D eigenvalue weighted by molar-refractivity contribution is 0.179. The predicted octanol–water partition coefficient (Wildman–Crippen LogP) is 7.15. The molecule has 5 aromatic rings. The lowest BCUT2D eigenvalue weighted by Gasteiger charge is -2.30. The molecule has 192 valence electrons. The van der Waals surface area contributed by atoms with Crippen LogP contribution in [0.5, 0.6) is 0 Å². The molecule has 2 aromatic heterocycles. The highest BCUT2D eigenvalue weighted by Crippen LogP contribution is 2.26. The zero-order valence-corrected chi connectivity index (χ0v) is 22.9. The molecule has 0 saturated carbocycles. The average molecular weight is 571 g/mol. The van der Waals surface area contributed by atoms with Crippen molar-refractivity contribution in [3.63, 3.8) is 0 Å². The Balaban J connectivity index is 1.64. The molecular weight excluding hydrogens is 544 g/mol. The fraction of sp³-hybridized carbons (Fsp3) is 0.167. The number of hydrogen-bond donors (Lipinski definition) is 1. The molecule has 0 aliphatic carbocycles. The first-order chi connectivity index (χ1) is 18.3. The van der Waals surface area contributed by atoms with Crippen molar-refractivity contribution >= 4 is 38.6 Å². The van der Waals surface area contributed by atoms with Gasteiger partial charge in [-0.05, 0) is 92.6 Å². The van der Waals surface area contributed by atoms with Crippen LogP contribution in [0.15, 0.2) is 98.8 Å². The molecule has 0 radical (unpaired) electrons. The minimum absolute atomic E-state index is 0.187. The number of fused-ring (bicyclic) bond motifs is 1. The molecule has 2 amide bonds. The Hall–Kier alpha value is -4.17. The van der Waals surface area contributed by atoms with Crippen LogP contribution in [-0.2, 0) is 6.54 Å². The van der Waals surface area contributed by atoms with Crippen LogP contribution in [-0.4, -0.2) is 20.5 Å². The molecule has 7 nitrogen and oxygen atoms in total. The number of para-hydroxylation sites is 1. The molecule has 3 aromatic carbocycles. The minimum atomic E-state index is -0.588. The Bertz CT molecular complexity index is 1660. The Morgan fingerprint density at radius 3 is 2.50 bits per heavy atom. The van der Waals surface area contributed by atoms with Crippen LogP contribution in [0.4, 0.5) is 10.5 Å². The summed E-state index contributed by atoms with van der Waals surface area (Å²) in [5, 5.41) is 3.48. The lowest BCUT2D eigenvalue weighted by atomic mass is 10.1. The average Bonchev–Trinajstić information content (AvgIpc) is 3.43. The van der Waals surface area contributed by atoms with Gasteiger partial charge in [0.2, 0.25) is 0 Å². The number of hydrogen-bond acceptors (Lipinski definition) is 4. The number of carbonyl (C=O) groups excluding carboxylic acids is 1. The number of aryl methyl sites for hydroxylation is 2. The zero-order valence-electron chi connectivity index (χ0n) is 21.3. The van der Waals surface area contributed by atoms with E-state index in [1.54, 1.807) is 27.9 Å². The maximum atomic E-state index is 13.9. The molecular formula is C30H27BrN4O3. The van der Waals surface area contributed by atoms with Gasteiger partial charge in [0.05, 0.1) is 35.4 Å². The number of anilines is 1. The summed E-state index contributed by atoms with van der Waals surface area (Å²) >= 11 is 3.42. The van der Waals surface area contributed by atoms with E-state index >= 15 is 0 Å². The molecule has 5 rings (SSSR count). The molecule has 0 aliphatic rings. The van der Waals surface area contributed by atoms with Crippen molar-refractivity contribution in [1.29, 1.82) is 0 Å². The summed E-state index contributed by atoms with van der Waals surface area (Å²) in [6.07, 6.45) is 1.57. The third-order valence-corrected chi connectivity index (χ3v) is 7.18. The molecule has 0 aliphatic heterocycles. The number of amides is 2. The van der Waals surface area contributed by atoms with E-state index in [0.29, 0.717) is 33.9 Å². The second kappa shape index (κ2) is 10.7. The SMILES string of the molecule is Cc1ccc(-n2c(C(C)N(Cc3ccco3)C(=O)Nc3ccc(Br)cc3)nc3ccccc3c2=O)cc1C. The van der Waals surface area contributed by atoms with Crippen LogP contribution in [0.3, 0.4) is 0 Å². The van der Waals surface area contributed by atoms with Crippen LogP contribution >= 0.6 is 15.9 Å². The summed E-state index contributed by atoms with van der Waals surface area (Å²) in [4.78, 5) is 34.1. The summed E-state index contributed by atoms with van der Waals surface area (Å²) in [5.41, 5.74) is 3.91. The monoisotopic (exact) mass is 570 g/mol. The summed E-state index contributed by atoms with van der Waals surface area (Å²) in [6, 6.07) is 23.2. The Kier molecular flexibility index (Phi) is 7.15. The van der Waals surface area contributed by atoms with Crippen LogP contribution < -0.4 is 10.9 Å². The van der Waals surface area contributed by atoms with Crippen LogP contribution in [0, 0.1) is 13.8 Å². The molecule has 0 bridgehead atoms. The molecule has 38 heavy (non-hydrogen) atoms. The quantitative estimate of drug-likeness (QED) is 0.235. The highest BCUT2D eigenvalue weighted by atomic mass is 79.9. The second-order valence-electron chi connectivity index (χ2n) is 9.22. The molecule has 1 atom stereocenters. The number of nitrogens with one attached hydrogen (secondary N) is 1. The largest absolute Gasteiger partial charge is 0.467 e. The van der Waals surface area contributed by atoms with Gasteiger partial charge in [-0.1, -0.05) is 34.1 Å². The van der Waals surface area contributed by atoms with Crippen molar-refractivity contribution in [2.24, 2.45) is 0 Å². The molecule has 8 heteroatoms. The fourth-order valence-electron chi connectivity index (χ4n) is 4.37. The smallest absolute Gasteiger partial charge is 0.322 e. The van der Waals surface area contributed by atoms with Gasteiger partial charge in [0.1, 0.15) is 11.6 Å². The fourth-order valence-corrected chi connectivity index (χ4v) is 4.63. The summed E-state index contributed by atoms with van der Waals surface area (Å²) in [5.74, 6) is 1.07. The van der Waals surface area contributed by atoms with Gasteiger partial charge in [0.15, 0.2) is 0 Å². The molecule has 2 heterocycles. The van der Waals surface area contributed by atoms with Crippen molar-refractivity contribution in [3.05, 3.63) is 123 Å². The van der Waals surface area contributed by atoms with E-state index in [-0.39, 0.29) is 18.1 Å². The Morgan fingerprint density at radius 2 is 1.79 bits per heavy atom. The van der Waals surface area contributed by atoms with Gasteiger partial charge in [-0.2, -0.15) is 0 Å². The van der Waals surface area contributed by atoms with Crippen molar-refractivity contribution in [3.8, 4) is 5.69 Å². The molecule has 1 unspecified atom stereocenters. The maximum absolute atomic E-state index is 13.9. The number of benzene rings is 3. The van der Waals surface area contributed by atoms with Gasteiger partial charge in [0.25, 0.3) is 5.56 Å². The first kappa shape index (κ1) is 25.5. The van der Waals surface area contributed by atoms with E-state index in [9.17, 15) is 9.59 Å². The van der Waals surface area contributed by atoms with Crippen molar-refractivity contribution in [2.45, 2.75) is 33.4 Å². The van der Waals surface area contributed by atoms with Crippen LogP contribution in [0.25, 0.3) is 16.6 Å². The number of nitrogens with zero attached hydrogens (tertiary/aromatic N) is 3. The summed E-state index contributed by atoms with van der Waals surface area (Å²) in [6.45, 7) is 6.10. The maximum Gasteiger partial charge on any atom is 0.322 e. The molecule has 0 fully saturated rings. The first-order valence-electron chi connectivity index (χ1n) is 12.3. The predicted molar refractivity (Wildman–Crippen MR) is 153 cm³/mol. The summed E-state index contributed by atoms with van der Waals surface area (Å²) in [7, 11) is 0.